The predicted octanol–water partition coefficient (Wildman–Crippen LogP) is -1.66. The zero-order valence-electron chi connectivity index (χ0n) is 9.19. The van der Waals surface area contributed by atoms with Gasteiger partial charge in [-0.2, -0.15) is 5.26 Å². The van der Waals surface area contributed by atoms with Crippen molar-refractivity contribution in [3.05, 3.63) is 35.7 Å². The van der Waals surface area contributed by atoms with Gasteiger partial charge in [0.25, 0.3) is 0 Å². The SMILES string of the molecule is CC(C)C(C#N)=C([O-])c1cccnc1.[K+]. The fourth-order valence-corrected chi connectivity index (χ4v) is 1.09. The molecule has 0 radical (unpaired) electrons. The Labute approximate surface area is 132 Å². The second-order valence-corrected chi connectivity index (χ2v) is 3.25. The Morgan fingerprint density at radius 1 is 1.53 bits per heavy atom. The van der Waals surface area contributed by atoms with Gasteiger partial charge >= 0.3 is 51.4 Å². The molecule has 0 saturated carbocycles. The Bertz CT molecular complexity index is 379. The van der Waals surface area contributed by atoms with E-state index in [2.05, 4.69) is 4.98 Å². The zero-order valence-corrected chi connectivity index (χ0v) is 12.3. The maximum Gasteiger partial charge on any atom is 1.00 e. The van der Waals surface area contributed by atoms with Crippen LogP contribution in [0.1, 0.15) is 19.4 Å². The van der Waals surface area contributed by atoms with Crippen molar-refractivity contribution in [2.24, 2.45) is 5.92 Å². The van der Waals surface area contributed by atoms with Crippen LogP contribution in [0, 0.1) is 17.2 Å². The van der Waals surface area contributed by atoms with Gasteiger partial charge in [0.2, 0.25) is 0 Å². The van der Waals surface area contributed by atoms with E-state index >= 15 is 0 Å². The molecule has 0 N–H and O–H groups in total. The normalized spacial score (nSPS) is 11.3. The van der Waals surface area contributed by atoms with Crippen molar-refractivity contribution in [2.75, 3.05) is 0 Å². The minimum atomic E-state index is -0.226. The van der Waals surface area contributed by atoms with Crippen molar-refractivity contribution in [3.63, 3.8) is 0 Å². The molecule has 0 aromatic carbocycles. The number of nitrogens with zero attached hydrogens (tertiary/aromatic N) is 2. The summed E-state index contributed by atoms with van der Waals surface area (Å²) < 4.78 is 0. The van der Waals surface area contributed by atoms with Gasteiger partial charge < -0.3 is 5.11 Å². The molecule has 4 heteroatoms. The summed E-state index contributed by atoms with van der Waals surface area (Å²) in [7, 11) is 0. The molecule has 3 nitrogen and oxygen atoms in total. The molecule has 0 spiro atoms. The number of aromatic nitrogens is 1. The van der Waals surface area contributed by atoms with Crippen LogP contribution in [0.5, 0.6) is 0 Å². The van der Waals surface area contributed by atoms with Gasteiger partial charge in [-0.1, -0.05) is 25.7 Å². The molecule has 1 heterocycles. The minimum absolute atomic E-state index is 0. The molecule has 0 fully saturated rings. The van der Waals surface area contributed by atoms with Crippen LogP contribution in [-0.4, -0.2) is 4.98 Å². The predicted molar refractivity (Wildman–Crippen MR) is 51.6 cm³/mol. The summed E-state index contributed by atoms with van der Waals surface area (Å²) in [4.78, 5) is 3.84. The summed E-state index contributed by atoms with van der Waals surface area (Å²) in [5, 5.41) is 20.5. The van der Waals surface area contributed by atoms with E-state index in [9.17, 15) is 5.11 Å². The number of hydrogen-bond acceptors (Lipinski definition) is 3. The first-order valence-corrected chi connectivity index (χ1v) is 4.38. The van der Waals surface area contributed by atoms with Crippen molar-refractivity contribution in [3.8, 4) is 6.07 Å². The fourth-order valence-electron chi connectivity index (χ4n) is 1.09. The molecule has 0 bridgehead atoms. The summed E-state index contributed by atoms with van der Waals surface area (Å²) in [6, 6.07) is 5.28. The van der Waals surface area contributed by atoms with Gasteiger partial charge in [0.15, 0.2) is 0 Å². The van der Waals surface area contributed by atoms with Gasteiger partial charge in [-0.05, 0) is 17.5 Å². The average molecular weight is 226 g/mol. The van der Waals surface area contributed by atoms with Gasteiger partial charge in [0.1, 0.15) is 0 Å². The molecule has 0 unspecified atom stereocenters. The van der Waals surface area contributed by atoms with Gasteiger partial charge in [-0.3, -0.25) is 4.98 Å². The zero-order chi connectivity index (χ0) is 10.6. The summed E-state index contributed by atoms with van der Waals surface area (Å²) >= 11 is 0. The molecule has 15 heavy (non-hydrogen) atoms. The molecule has 0 atom stereocenters. The standard InChI is InChI=1S/C11H12N2O.K/c1-8(2)10(6-12)11(14)9-4-3-5-13-7-9;/h3-5,7-8,14H,1-2H3;/q;+1/p-1. The van der Waals surface area contributed by atoms with Crippen LogP contribution < -0.4 is 56.5 Å². The Morgan fingerprint density at radius 2 is 2.20 bits per heavy atom. The quantitative estimate of drug-likeness (QED) is 0.344. The van der Waals surface area contributed by atoms with Crippen molar-refractivity contribution in [2.45, 2.75) is 13.8 Å². The van der Waals surface area contributed by atoms with E-state index in [4.69, 9.17) is 5.26 Å². The van der Waals surface area contributed by atoms with Crippen molar-refractivity contribution < 1.29 is 56.5 Å². The average Bonchev–Trinajstić information content (AvgIpc) is 2.19. The molecule has 1 rings (SSSR count). The number of rotatable bonds is 2. The van der Waals surface area contributed by atoms with Crippen molar-refractivity contribution >= 4 is 5.76 Å². The molecule has 0 aliphatic carbocycles. The van der Waals surface area contributed by atoms with Crippen LogP contribution in [0.4, 0.5) is 0 Å². The summed E-state index contributed by atoms with van der Waals surface area (Å²) in [5.41, 5.74) is 0.746. The van der Waals surface area contributed by atoms with E-state index in [1.807, 2.05) is 19.9 Å². The number of hydrogen-bond donors (Lipinski definition) is 0. The van der Waals surface area contributed by atoms with Gasteiger partial charge in [0, 0.05) is 18.0 Å². The van der Waals surface area contributed by atoms with Crippen molar-refractivity contribution in [1.82, 2.24) is 4.98 Å². The Morgan fingerprint density at radius 3 is 2.60 bits per heavy atom. The van der Waals surface area contributed by atoms with Crippen LogP contribution in [0.3, 0.4) is 0 Å². The molecule has 0 amide bonds. The second-order valence-electron chi connectivity index (χ2n) is 3.25. The topological polar surface area (TPSA) is 59.7 Å². The van der Waals surface area contributed by atoms with Crippen LogP contribution in [0.25, 0.3) is 5.76 Å². The van der Waals surface area contributed by atoms with E-state index in [0.717, 1.165) is 0 Å². The number of pyridine rings is 1. The first-order chi connectivity index (χ1) is 6.66. The van der Waals surface area contributed by atoms with Gasteiger partial charge in [-0.15, -0.1) is 0 Å². The number of nitriles is 1. The Hall–Kier alpha value is -0.184. The third-order valence-electron chi connectivity index (χ3n) is 1.87. The first-order valence-electron chi connectivity index (χ1n) is 4.38. The molecule has 0 aliphatic rings. The summed E-state index contributed by atoms with van der Waals surface area (Å²) in [5.74, 6) is -0.275. The molecular formula is C11H11KN2O. The molecule has 0 aliphatic heterocycles. The van der Waals surface area contributed by atoms with E-state index in [1.165, 1.54) is 6.20 Å². The third-order valence-corrected chi connectivity index (χ3v) is 1.87. The fraction of sp³-hybridized carbons (Fsp3) is 0.273. The van der Waals surface area contributed by atoms with Gasteiger partial charge in [0.05, 0.1) is 6.07 Å². The van der Waals surface area contributed by atoms with Crippen molar-refractivity contribution in [1.29, 1.82) is 5.26 Å². The van der Waals surface area contributed by atoms with E-state index in [-0.39, 0.29) is 68.6 Å². The first kappa shape index (κ1) is 14.8. The number of allylic oxidation sites excluding steroid dienone is 1. The molecular weight excluding hydrogens is 215 g/mol. The van der Waals surface area contributed by atoms with E-state index in [0.29, 0.717) is 5.56 Å². The Balaban J connectivity index is 0.00000196. The van der Waals surface area contributed by atoms with E-state index < -0.39 is 0 Å². The smallest absolute Gasteiger partial charge is 0.871 e. The summed E-state index contributed by atoms with van der Waals surface area (Å²) in [6.07, 6.45) is 3.07. The largest absolute Gasteiger partial charge is 1.00 e. The monoisotopic (exact) mass is 226 g/mol. The van der Waals surface area contributed by atoms with Crippen LogP contribution >= 0.6 is 0 Å². The minimum Gasteiger partial charge on any atom is -0.871 e. The molecule has 0 saturated heterocycles. The molecule has 72 valence electrons. The maximum absolute atomic E-state index is 11.7. The van der Waals surface area contributed by atoms with Crippen LogP contribution in [0.2, 0.25) is 0 Å². The van der Waals surface area contributed by atoms with E-state index in [1.54, 1.807) is 18.3 Å². The van der Waals surface area contributed by atoms with Gasteiger partial charge in [-0.25, -0.2) is 0 Å². The third kappa shape index (κ3) is 4.05. The second kappa shape index (κ2) is 7.15. The Kier molecular flexibility index (Phi) is 7.06. The molecule has 1 aromatic heterocycles. The molecule has 1 aromatic rings. The maximum atomic E-state index is 11.7. The van der Waals surface area contributed by atoms with Crippen LogP contribution in [0.15, 0.2) is 30.1 Å². The van der Waals surface area contributed by atoms with Crippen LogP contribution in [-0.2, 0) is 0 Å². The summed E-state index contributed by atoms with van der Waals surface area (Å²) in [6.45, 7) is 3.65.